The van der Waals surface area contributed by atoms with E-state index in [1.807, 2.05) is 19.1 Å². The van der Waals surface area contributed by atoms with Crippen molar-refractivity contribution in [2.24, 2.45) is 5.73 Å². The molecule has 1 heterocycles. The molecule has 1 aromatic rings. The lowest BCUT2D eigenvalue weighted by atomic mass is 10.0. The topological polar surface area (TPSA) is 53.7 Å². The van der Waals surface area contributed by atoms with Gasteiger partial charge in [-0.25, -0.2) is 0 Å². The largest absolute Gasteiger partial charge is 0.492 e. The fraction of sp³-hybridized carbons (Fsp3) is 0.500. The van der Waals surface area contributed by atoms with E-state index in [0.717, 1.165) is 35.7 Å². The third-order valence-corrected chi connectivity index (χ3v) is 3.22. The highest BCUT2D eigenvalue weighted by atomic mass is 16.7. The number of hydrogen-bond donors (Lipinski definition) is 1. The molecule has 0 saturated carbocycles. The van der Waals surface area contributed by atoms with E-state index in [1.165, 1.54) is 0 Å². The Morgan fingerprint density at radius 2 is 2.10 bits per heavy atom. The van der Waals surface area contributed by atoms with Crippen LogP contribution in [0, 0.1) is 11.8 Å². The highest BCUT2D eigenvalue weighted by Crippen LogP contribution is 2.38. The second-order valence-electron chi connectivity index (χ2n) is 4.71. The van der Waals surface area contributed by atoms with Gasteiger partial charge in [0.05, 0.1) is 6.61 Å². The Bertz CT molecular complexity index is 516. The Labute approximate surface area is 120 Å². The van der Waals surface area contributed by atoms with E-state index in [9.17, 15) is 0 Å². The van der Waals surface area contributed by atoms with Crippen molar-refractivity contribution in [3.63, 3.8) is 0 Å². The third kappa shape index (κ3) is 3.58. The van der Waals surface area contributed by atoms with Crippen LogP contribution in [-0.2, 0) is 6.42 Å². The van der Waals surface area contributed by atoms with E-state index in [0.29, 0.717) is 13.0 Å². The molecule has 1 aliphatic rings. The van der Waals surface area contributed by atoms with Gasteiger partial charge in [-0.2, -0.15) is 0 Å². The monoisotopic (exact) mass is 275 g/mol. The Balaban J connectivity index is 2.15. The van der Waals surface area contributed by atoms with Gasteiger partial charge in [-0.1, -0.05) is 6.92 Å². The summed E-state index contributed by atoms with van der Waals surface area (Å²) < 4.78 is 16.6. The van der Waals surface area contributed by atoms with Gasteiger partial charge < -0.3 is 19.9 Å². The summed E-state index contributed by atoms with van der Waals surface area (Å²) in [5.74, 6) is 8.16. The van der Waals surface area contributed by atoms with Crippen molar-refractivity contribution < 1.29 is 14.2 Å². The van der Waals surface area contributed by atoms with Crippen LogP contribution in [-0.4, -0.2) is 19.4 Å². The van der Waals surface area contributed by atoms with Crippen LogP contribution in [0.4, 0.5) is 0 Å². The van der Waals surface area contributed by atoms with Crippen LogP contribution in [0.1, 0.15) is 32.3 Å². The predicted molar refractivity (Wildman–Crippen MR) is 78.1 cm³/mol. The quantitative estimate of drug-likeness (QED) is 0.640. The van der Waals surface area contributed by atoms with E-state index in [2.05, 4.69) is 18.8 Å². The lowest BCUT2D eigenvalue weighted by Gasteiger charge is -2.15. The van der Waals surface area contributed by atoms with Crippen LogP contribution in [0.2, 0.25) is 0 Å². The molecule has 4 heteroatoms. The Morgan fingerprint density at radius 3 is 2.80 bits per heavy atom. The molecule has 0 fully saturated rings. The minimum Gasteiger partial charge on any atom is -0.492 e. The van der Waals surface area contributed by atoms with Crippen LogP contribution >= 0.6 is 0 Å². The predicted octanol–water partition coefficient (Wildman–Crippen LogP) is 2.49. The van der Waals surface area contributed by atoms with Gasteiger partial charge in [0.15, 0.2) is 11.5 Å². The summed E-state index contributed by atoms with van der Waals surface area (Å²) in [5, 5.41) is 0. The Morgan fingerprint density at radius 1 is 1.35 bits per heavy atom. The van der Waals surface area contributed by atoms with E-state index in [-0.39, 0.29) is 12.8 Å². The van der Waals surface area contributed by atoms with Crippen LogP contribution in [0.25, 0.3) is 0 Å². The SMILES string of the molecule is CC#CCCOc1cc2c(cc1CC(N)CC)OCO2. The van der Waals surface area contributed by atoms with Crippen LogP contribution < -0.4 is 19.9 Å². The van der Waals surface area contributed by atoms with Gasteiger partial charge in [0.25, 0.3) is 0 Å². The van der Waals surface area contributed by atoms with Gasteiger partial charge in [0.2, 0.25) is 6.79 Å². The number of hydrogen-bond acceptors (Lipinski definition) is 4. The fourth-order valence-corrected chi connectivity index (χ4v) is 2.02. The van der Waals surface area contributed by atoms with E-state index in [4.69, 9.17) is 19.9 Å². The molecule has 0 radical (unpaired) electrons. The molecule has 1 unspecified atom stereocenters. The summed E-state index contributed by atoms with van der Waals surface area (Å²) in [6.45, 7) is 4.73. The van der Waals surface area contributed by atoms with Crippen molar-refractivity contribution in [2.45, 2.75) is 39.2 Å². The maximum absolute atomic E-state index is 6.05. The van der Waals surface area contributed by atoms with Gasteiger partial charge in [-0.3, -0.25) is 0 Å². The number of fused-ring (bicyclic) bond motifs is 1. The van der Waals surface area contributed by atoms with E-state index in [1.54, 1.807) is 0 Å². The van der Waals surface area contributed by atoms with Crippen LogP contribution in [0.15, 0.2) is 12.1 Å². The number of benzene rings is 1. The first kappa shape index (κ1) is 14.5. The van der Waals surface area contributed by atoms with Crippen LogP contribution in [0.5, 0.6) is 17.2 Å². The van der Waals surface area contributed by atoms with Crippen molar-refractivity contribution in [2.75, 3.05) is 13.4 Å². The molecule has 2 N–H and O–H groups in total. The number of ether oxygens (including phenoxy) is 3. The summed E-state index contributed by atoms with van der Waals surface area (Å²) in [7, 11) is 0. The zero-order valence-corrected chi connectivity index (χ0v) is 12.1. The third-order valence-electron chi connectivity index (χ3n) is 3.22. The van der Waals surface area contributed by atoms with Gasteiger partial charge in [0, 0.05) is 18.5 Å². The maximum atomic E-state index is 6.05. The van der Waals surface area contributed by atoms with Crippen molar-refractivity contribution in [1.29, 1.82) is 0 Å². The summed E-state index contributed by atoms with van der Waals surface area (Å²) in [4.78, 5) is 0. The van der Waals surface area contributed by atoms with Crippen molar-refractivity contribution in [1.82, 2.24) is 0 Å². The molecule has 20 heavy (non-hydrogen) atoms. The standard InChI is InChI=1S/C16H21NO3/c1-3-5-6-7-18-14-10-16-15(19-11-20-16)9-12(14)8-13(17)4-2/h9-10,13H,4,6-8,11,17H2,1-2H3. The van der Waals surface area contributed by atoms with E-state index >= 15 is 0 Å². The molecule has 0 amide bonds. The number of rotatable bonds is 6. The molecular formula is C16H21NO3. The summed E-state index contributed by atoms with van der Waals surface area (Å²) in [5.41, 5.74) is 7.11. The van der Waals surface area contributed by atoms with Gasteiger partial charge in [0.1, 0.15) is 5.75 Å². The molecule has 0 spiro atoms. The molecule has 4 nitrogen and oxygen atoms in total. The molecule has 0 aromatic heterocycles. The first-order chi connectivity index (χ1) is 9.74. The lowest BCUT2D eigenvalue weighted by Crippen LogP contribution is -2.21. The van der Waals surface area contributed by atoms with Crippen molar-refractivity contribution in [3.05, 3.63) is 17.7 Å². The highest BCUT2D eigenvalue weighted by Gasteiger charge is 2.19. The average Bonchev–Trinajstić information content (AvgIpc) is 2.90. The first-order valence-electron chi connectivity index (χ1n) is 6.95. The molecular weight excluding hydrogens is 254 g/mol. The average molecular weight is 275 g/mol. The Kier molecular flexibility index (Phi) is 5.14. The molecule has 1 aromatic carbocycles. The fourth-order valence-electron chi connectivity index (χ4n) is 2.02. The summed E-state index contributed by atoms with van der Waals surface area (Å²) in [6, 6.07) is 3.98. The molecule has 0 bridgehead atoms. The normalized spacial score (nSPS) is 13.6. The lowest BCUT2D eigenvalue weighted by molar-refractivity contribution is 0.173. The molecule has 0 aliphatic carbocycles. The zero-order chi connectivity index (χ0) is 14.4. The smallest absolute Gasteiger partial charge is 0.231 e. The van der Waals surface area contributed by atoms with Crippen LogP contribution in [0.3, 0.4) is 0 Å². The Hall–Kier alpha value is -1.86. The molecule has 2 rings (SSSR count). The van der Waals surface area contributed by atoms with Gasteiger partial charge >= 0.3 is 0 Å². The zero-order valence-electron chi connectivity index (χ0n) is 12.1. The van der Waals surface area contributed by atoms with Gasteiger partial charge in [-0.05, 0) is 31.4 Å². The maximum Gasteiger partial charge on any atom is 0.231 e. The first-order valence-corrected chi connectivity index (χ1v) is 6.95. The highest BCUT2D eigenvalue weighted by molar-refractivity contribution is 5.52. The number of nitrogens with two attached hydrogens (primary N) is 1. The molecule has 0 saturated heterocycles. The molecule has 108 valence electrons. The minimum atomic E-state index is 0.119. The van der Waals surface area contributed by atoms with Gasteiger partial charge in [-0.15, -0.1) is 11.8 Å². The second kappa shape index (κ2) is 7.06. The minimum absolute atomic E-state index is 0.119. The second-order valence-corrected chi connectivity index (χ2v) is 4.71. The van der Waals surface area contributed by atoms with Crippen molar-refractivity contribution in [3.8, 4) is 29.1 Å². The van der Waals surface area contributed by atoms with E-state index < -0.39 is 0 Å². The molecule has 1 atom stereocenters. The molecule has 1 aliphatic heterocycles. The summed E-state index contributed by atoms with van der Waals surface area (Å²) in [6.07, 6.45) is 2.40. The van der Waals surface area contributed by atoms with Crippen molar-refractivity contribution >= 4 is 0 Å². The summed E-state index contributed by atoms with van der Waals surface area (Å²) >= 11 is 0.